The maximum atomic E-state index is 12.7. The Labute approximate surface area is 154 Å². The second-order valence-electron chi connectivity index (χ2n) is 7.28. The molecule has 0 bridgehead atoms. The summed E-state index contributed by atoms with van der Waals surface area (Å²) in [5, 5.41) is 6.00. The Bertz CT molecular complexity index is 538. The lowest BCUT2D eigenvalue weighted by Crippen LogP contribution is -2.54. The first-order valence-electron chi connectivity index (χ1n) is 8.55. The molecule has 1 aliphatic heterocycles. The van der Waals surface area contributed by atoms with Crippen molar-refractivity contribution in [2.45, 2.75) is 71.4 Å². The molecule has 1 aliphatic rings. The summed E-state index contributed by atoms with van der Waals surface area (Å²) in [5.41, 5.74) is 3.82. The van der Waals surface area contributed by atoms with E-state index in [4.69, 9.17) is 12.2 Å². The average Bonchev–Trinajstić information content (AvgIpc) is 2.69. The lowest BCUT2D eigenvalue weighted by molar-refractivity contribution is -0.135. The molecule has 4 amide bonds. The maximum absolute atomic E-state index is 12.7. The monoisotopic (exact) mass is 371 g/mol. The van der Waals surface area contributed by atoms with Crippen LogP contribution in [0.15, 0.2) is 0 Å². The van der Waals surface area contributed by atoms with E-state index in [1.54, 1.807) is 0 Å². The molecule has 1 heterocycles. The van der Waals surface area contributed by atoms with E-state index >= 15 is 0 Å². The van der Waals surface area contributed by atoms with Gasteiger partial charge in [-0.25, -0.2) is 4.79 Å². The molecular formula is C16H29N5O3S. The van der Waals surface area contributed by atoms with Crippen molar-refractivity contribution < 1.29 is 14.4 Å². The number of hydrazine groups is 1. The van der Waals surface area contributed by atoms with Crippen LogP contribution >= 0.6 is 12.2 Å². The van der Waals surface area contributed by atoms with Crippen LogP contribution in [0, 0.1) is 0 Å². The minimum Gasteiger partial charge on any atom is -0.357 e. The molecule has 9 heteroatoms. The first kappa shape index (κ1) is 21.1. The lowest BCUT2D eigenvalue weighted by Gasteiger charge is -2.25. The van der Waals surface area contributed by atoms with Crippen LogP contribution in [0.3, 0.4) is 0 Å². The van der Waals surface area contributed by atoms with Gasteiger partial charge >= 0.3 is 6.03 Å². The Balaban J connectivity index is 2.64. The number of carbonyl (C=O) groups excluding carboxylic acids is 3. The van der Waals surface area contributed by atoms with Crippen molar-refractivity contribution in [2.75, 3.05) is 6.54 Å². The highest BCUT2D eigenvalue weighted by molar-refractivity contribution is 7.80. The number of nitrogens with one attached hydrogen (secondary N) is 4. The quantitative estimate of drug-likeness (QED) is 0.318. The third kappa shape index (κ3) is 5.84. The van der Waals surface area contributed by atoms with Gasteiger partial charge < -0.3 is 10.6 Å². The van der Waals surface area contributed by atoms with Crippen molar-refractivity contribution in [1.29, 1.82) is 0 Å². The summed E-state index contributed by atoms with van der Waals surface area (Å²) in [5.74, 6) is -0.864. The molecule has 0 aromatic heterocycles. The molecule has 1 fully saturated rings. The highest BCUT2D eigenvalue weighted by Crippen LogP contribution is 2.27. The third-order valence-electron chi connectivity index (χ3n) is 3.71. The smallest absolute Gasteiger partial charge is 0.325 e. The zero-order valence-electron chi connectivity index (χ0n) is 15.6. The van der Waals surface area contributed by atoms with Gasteiger partial charge in [-0.1, -0.05) is 26.7 Å². The molecule has 0 saturated carbocycles. The Morgan fingerprint density at radius 3 is 2.20 bits per heavy atom. The van der Waals surface area contributed by atoms with Gasteiger partial charge in [0, 0.05) is 5.54 Å². The van der Waals surface area contributed by atoms with Crippen LogP contribution in [0.1, 0.15) is 60.3 Å². The molecule has 25 heavy (non-hydrogen) atoms. The molecule has 4 N–H and O–H groups in total. The molecule has 0 aromatic rings. The van der Waals surface area contributed by atoms with Gasteiger partial charge in [0.05, 0.1) is 0 Å². The van der Waals surface area contributed by atoms with Gasteiger partial charge in [0.25, 0.3) is 11.8 Å². The van der Waals surface area contributed by atoms with E-state index in [-0.39, 0.29) is 23.1 Å². The Morgan fingerprint density at radius 2 is 1.72 bits per heavy atom. The Morgan fingerprint density at radius 1 is 1.16 bits per heavy atom. The van der Waals surface area contributed by atoms with Crippen LogP contribution < -0.4 is 21.5 Å². The van der Waals surface area contributed by atoms with Gasteiger partial charge in [-0.15, -0.1) is 0 Å². The van der Waals surface area contributed by atoms with E-state index in [2.05, 4.69) is 21.5 Å². The fourth-order valence-electron chi connectivity index (χ4n) is 2.82. The number of rotatable bonds is 6. The minimum absolute atomic E-state index is 0.250. The molecule has 0 aromatic carbocycles. The van der Waals surface area contributed by atoms with Crippen molar-refractivity contribution in [1.82, 2.24) is 26.4 Å². The van der Waals surface area contributed by atoms with Crippen LogP contribution in [0.5, 0.6) is 0 Å². The summed E-state index contributed by atoms with van der Waals surface area (Å²) in [4.78, 5) is 37.9. The minimum atomic E-state index is -0.891. The highest BCUT2D eigenvalue weighted by atomic mass is 32.1. The molecule has 8 nitrogen and oxygen atoms in total. The van der Waals surface area contributed by atoms with Gasteiger partial charge in [-0.05, 0) is 45.8 Å². The summed E-state index contributed by atoms with van der Waals surface area (Å²) < 4.78 is 0. The number of carbonyl (C=O) groups is 3. The molecule has 142 valence electrons. The lowest BCUT2D eigenvalue weighted by atomic mass is 9.88. The van der Waals surface area contributed by atoms with Crippen molar-refractivity contribution in [3.8, 4) is 0 Å². The number of amides is 4. The van der Waals surface area contributed by atoms with E-state index in [1.807, 2.05) is 34.6 Å². The van der Waals surface area contributed by atoms with Gasteiger partial charge in [-0.2, -0.15) is 0 Å². The predicted molar refractivity (Wildman–Crippen MR) is 99.6 cm³/mol. The van der Waals surface area contributed by atoms with Gasteiger partial charge in [0.2, 0.25) is 0 Å². The largest absolute Gasteiger partial charge is 0.357 e. The van der Waals surface area contributed by atoms with Crippen LogP contribution in [0.25, 0.3) is 0 Å². The van der Waals surface area contributed by atoms with E-state index in [1.165, 1.54) is 0 Å². The topological polar surface area (TPSA) is 103 Å². The summed E-state index contributed by atoms with van der Waals surface area (Å²) in [7, 11) is 0. The Kier molecular flexibility index (Phi) is 7.16. The first-order chi connectivity index (χ1) is 11.5. The summed E-state index contributed by atoms with van der Waals surface area (Å²) in [6, 6.07) is -0.530. The number of thiocarbonyl (C=S) groups is 1. The predicted octanol–water partition coefficient (Wildman–Crippen LogP) is 1.17. The molecule has 1 saturated heterocycles. The molecule has 0 radical (unpaired) electrons. The summed E-state index contributed by atoms with van der Waals surface area (Å²) >= 11 is 5.06. The van der Waals surface area contributed by atoms with Crippen LogP contribution in [0.2, 0.25) is 0 Å². The Hall–Kier alpha value is -1.90. The number of hydrogen-bond acceptors (Lipinski definition) is 4. The average molecular weight is 372 g/mol. The third-order valence-corrected chi connectivity index (χ3v) is 3.91. The van der Waals surface area contributed by atoms with Crippen LogP contribution in [-0.2, 0) is 9.59 Å². The number of nitrogens with zero attached hydrogens (tertiary/aromatic N) is 1. The van der Waals surface area contributed by atoms with Crippen molar-refractivity contribution in [3.05, 3.63) is 0 Å². The number of hydrogen-bond donors (Lipinski definition) is 4. The van der Waals surface area contributed by atoms with Gasteiger partial charge in [0.1, 0.15) is 12.1 Å². The molecule has 0 aliphatic carbocycles. The van der Waals surface area contributed by atoms with Crippen molar-refractivity contribution >= 4 is 35.2 Å². The van der Waals surface area contributed by atoms with E-state index in [0.717, 1.165) is 17.7 Å². The van der Waals surface area contributed by atoms with Crippen molar-refractivity contribution in [2.24, 2.45) is 0 Å². The fraction of sp³-hybridized carbons (Fsp3) is 0.750. The van der Waals surface area contributed by atoms with Crippen LogP contribution in [0.4, 0.5) is 4.79 Å². The first-order valence-corrected chi connectivity index (χ1v) is 8.96. The van der Waals surface area contributed by atoms with E-state index < -0.39 is 17.5 Å². The van der Waals surface area contributed by atoms with Gasteiger partial charge in [0.15, 0.2) is 5.11 Å². The molecule has 1 rings (SSSR count). The zero-order valence-corrected chi connectivity index (χ0v) is 16.4. The summed E-state index contributed by atoms with van der Waals surface area (Å²) in [6.45, 7) is 9.34. The second-order valence-corrected chi connectivity index (χ2v) is 7.69. The van der Waals surface area contributed by atoms with Crippen LogP contribution in [-0.4, -0.2) is 45.5 Å². The zero-order chi connectivity index (χ0) is 19.3. The second kappa shape index (κ2) is 8.46. The molecule has 0 unspecified atom stereocenters. The molecule has 0 atom stereocenters. The highest BCUT2D eigenvalue weighted by Gasteiger charge is 2.50. The van der Waals surface area contributed by atoms with Gasteiger partial charge in [-0.3, -0.25) is 25.3 Å². The van der Waals surface area contributed by atoms with E-state index in [9.17, 15) is 14.4 Å². The standard InChI is InChI=1S/C16H29N5O3S/c1-6-8-16(9-7-2)12(23)21(14(24)18-16)10-11(22)19-20-13(25)17-15(3,4)5/h6-10H2,1-5H3,(H,18,24)(H,19,22)(H2,17,20,25). The summed E-state index contributed by atoms with van der Waals surface area (Å²) in [6.07, 6.45) is 2.64. The number of urea groups is 1. The fourth-order valence-corrected chi connectivity index (χ4v) is 3.18. The molecule has 0 spiro atoms. The normalized spacial score (nSPS) is 16.4. The maximum Gasteiger partial charge on any atom is 0.325 e. The SMILES string of the molecule is CCCC1(CCC)NC(=O)N(CC(=O)NNC(=S)NC(C)(C)C)C1=O. The molecular weight excluding hydrogens is 342 g/mol. The number of imide groups is 1. The van der Waals surface area contributed by atoms with Crippen molar-refractivity contribution in [3.63, 3.8) is 0 Å². The van der Waals surface area contributed by atoms with E-state index in [0.29, 0.717) is 12.8 Å².